The predicted molar refractivity (Wildman–Crippen MR) is 115 cm³/mol. The number of nitrogens with one attached hydrogen (secondary N) is 1. The van der Waals surface area contributed by atoms with E-state index >= 15 is 0 Å². The van der Waals surface area contributed by atoms with E-state index in [9.17, 15) is 4.79 Å². The Balaban J connectivity index is 1.50. The lowest BCUT2D eigenvalue weighted by molar-refractivity contribution is 0.0947. The molecule has 0 aliphatic carbocycles. The van der Waals surface area contributed by atoms with Crippen LogP contribution in [0.25, 0.3) is 0 Å². The second kappa shape index (κ2) is 10.2. The number of rotatable bonds is 9. The van der Waals surface area contributed by atoms with Gasteiger partial charge in [0.1, 0.15) is 11.4 Å². The number of carbonyl (C=O) groups is 1. The van der Waals surface area contributed by atoms with Gasteiger partial charge in [0.25, 0.3) is 5.91 Å². The van der Waals surface area contributed by atoms with Crippen molar-refractivity contribution < 1.29 is 19.0 Å². The molecule has 7 nitrogen and oxygen atoms in total. The van der Waals surface area contributed by atoms with Gasteiger partial charge in [0.2, 0.25) is 0 Å². The van der Waals surface area contributed by atoms with Crippen LogP contribution < -0.4 is 19.5 Å². The van der Waals surface area contributed by atoms with Crippen LogP contribution in [0.2, 0.25) is 10.0 Å². The van der Waals surface area contributed by atoms with E-state index in [1.54, 1.807) is 44.7 Å². The summed E-state index contributed by atoms with van der Waals surface area (Å²) in [6.45, 7) is 0.568. The fourth-order valence-corrected chi connectivity index (χ4v) is 3.19. The fraction of sp³-hybridized carbons (Fsp3) is 0.238. The Bertz CT molecular complexity index is 1020. The summed E-state index contributed by atoms with van der Waals surface area (Å²) >= 11 is 11.9. The number of aromatic nitrogens is 2. The molecule has 0 atom stereocenters. The average Bonchev–Trinajstić information content (AvgIpc) is 3.22. The summed E-state index contributed by atoms with van der Waals surface area (Å²) < 4.78 is 17.6. The third-order valence-corrected chi connectivity index (χ3v) is 4.80. The first-order valence-electron chi connectivity index (χ1n) is 9.10. The van der Waals surface area contributed by atoms with Crippen LogP contribution in [-0.2, 0) is 13.2 Å². The first kappa shape index (κ1) is 21.8. The van der Waals surface area contributed by atoms with Crippen molar-refractivity contribution >= 4 is 29.1 Å². The van der Waals surface area contributed by atoms with Gasteiger partial charge in [0, 0.05) is 17.8 Å². The maximum absolute atomic E-state index is 12.3. The summed E-state index contributed by atoms with van der Waals surface area (Å²) in [6.07, 6.45) is 2.30. The lowest BCUT2D eigenvalue weighted by Gasteiger charge is -2.10. The van der Waals surface area contributed by atoms with Gasteiger partial charge in [-0.05, 0) is 48.4 Å². The molecule has 3 aromatic rings. The molecule has 0 aliphatic heterocycles. The normalized spacial score (nSPS) is 10.5. The Kier molecular flexibility index (Phi) is 7.43. The summed E-state index contributed by atoms with van der Waals surface area (Å²) in [5.41, 5.74) is 1.32. The molecule has 0 aliphatic rings. The lowest BCUT2D eigenvalue weighted by atomic mass is 10.1. The van der Waals surface area contributed by atoms with Crippen molar-refractivity contribution in [1.82, 2.24) is 15.1 Å². The van der Waals surface area contributed by atoms with Crippen molar-refractivity contribution in [2.75, 3.05) is 20.8 Å². The van der Waals surface area contributed by atoms with Crippen LogP contribution in [0.3, 0.4) is 0 Å². The molecule has 0 saturated carbocycles. The molecule has 2 aromatic carbocycles. The maximum Gasteiger partial charge on any atom is 0.271 e. The van der Waals surface area contributed by atoms with E-state index in [0.717, 1.165) is 5.56 Å². The van der Waals surface area contributed by atoms with Crippen molar-refractivity contribution in [3.05, 3.63) is 70.0 Å². The van der Waals surface area contributed by atoms with Gasteiger partial charge in [-0.3, -0.25) is 4.79 Å². The Morgan fingerprint density at radius 3 is 2.53 bits per heavy atom. The van der Waals surface area contributed by atoms with Gasteiger partial charge in [-0.1, -0.05) is 29.3 Å². The molecule has 1 aromatic heterocycles. The minimum absolute atomic E-state index is 0.111. The highest BCUT2D eigenvalue weighted by Gasteiger charge is 2.11. The number of hydrogen-bond donors (Lipinski definition) is 1. The van der Waals surface area contributed by atoms with Crippen molar-refractivity contribution in [3.8, 4) is 17.2 Å². The molecule has 0 radical (unpaired) electrons. The molecule has 0 spiro atoms. The number of benzene rings is 2. The van der Waals surface area contributed by atoms with Crippen LogP contribution in [0, 0.1) is 0 Å². The fourth-order valence-electron chi connectivity index (χ4n) is 2.73. The maximum atomic E-state index is 12.3. The van der Waals surface area contributed by atoms with Crippen molar-refractivity contribution in [2.24, 2.45) is 0 Å². The van der Waals surface area contributed by atoms with E-state index in [4.69, 9.17) is 37.4 Å². The van der Waals surface area contributed by atoms with Gasteiger partial charge in [-0.15, -0.1) is 0 Å². The first-order chi connectivity index (χ1) is 14.5. The largest absolute Gasteiger partial charge is 0.493 e. The molecule has 3 rings (SSSR count). The molecule has 0 bridgehead atoms. The van der Waals surface area contributed by atoms with E-state index in [1.807, 2.05) is 18.2 Å². The zero-order chi connectivity index (χ0) is 21.5. The molecule has 30 heavy (non-hydrogen) atoms. The Hall–Kier alpha value is -2.90. The molecule has 0 saturated heterocycles. The molecule has 1 amide bonds. The van der Waals surface area contributed by atoms with E-state index in [2.05, 4.69) is 10.4 Å². The molecular weight excluding hydrogens is 429 g/mol. The SMILES string of the molecule is COc1ccc(CCNC(=O)c2ccn(COc3ccc(Cl)cc3Cl)n2)cc1OC. The van der Waals surface area contributed by atoms with E-state index in [0.29, 0.717) is 46.0 Å². The summed E-state index contributed by atoms with van der Waals surface area (Å²) in [4.78, 5) is 12.3. The standard InChI is InChI=1S/C21H21Cl2N3O4/c1-28-19-5-3-14(11-20(19)29-2)7-9-24-21(27)17-8-10-26(25-17)13-30-18-6-4-15(22)12-16(18)23/h3-6,8,10-12H,7,9,13H2,1-2H3,(H,24,27). The zero-order valence-corrected chi connectivity index (χ0v) is 18.0. The van der Waals surface area contributed by atoms with Crippen molar-refractivity contribution in [1.29, 1.82) is 0 Å². The number of hydrogen-bond acceptors (Lipinski definition) is 5. The van der Waals surface area contributed by atoms with E-state index in [1.165, 1.54) is 4.68 Å². The highest BCUT2D eigenvalue weighted by Crippen LogP contribution is 2.28. The minimum Gasteiger partial charge on any atom is -0.493 e. The first-order valence-corrected chi connectivity index (χ1v) is 9.86. The van der Waals surface area contributed by atoms with Gasteiger partial charge in [0.05, 0.1) is 19.2 Å². The quantitative estimate of drug-likeness (QED) is 0.529. The number of ether oxygens (including phenoxy) is 3. The third-order valence-electron chi connectivity index (χ3n) is 4.27. The second-order valence-corrected chi connectivity index (χ2v) is 7.13. The number of methoxy groups -OCH3 is 2. The van der Waals surface area contributed by atoms with Gasteiger partial charge in [0.15, 0.2) is 18.2 Å². The molecular formula is C21H21Cl2N3O4. The minimum atomic E-state index is -0.265. The van der Waals surface area contributed by atoms with Gasteiger partial charge < -0.3 is 19.5 Å². The van der Waals surface area contributed by atoms with Gasteiger partial charge >= 0.3 is 0 Å². The van der Waals surface area contributed by atoms with Crippen LogP contribution in [0.4, 0.5) is 0 Å². The van der Waals surface area contributed by atoms with Crippen LogP contribution in [-0.4, -0.2) is 36.5 Å². The summed E-state index contributed by atoms with van der Waals surface area (Å²) in [6, 6.07) is 12.2. The molecule has 0 fully saturated rings. The molecule has 0 unspecified atom stereocenters. The third kappa shape index (κ3) is 5.58. The van der Waals surface area contributed by atoms with E-state index < -0.39 is 0 Å². The molecule has 1 heterocycles. The smallest absolute Gasteiger partial charge is 0.271 e. The average molecular weight is 450 g/mol. The highest BCUT2D eigenvalue weighted by atomic mass is 35.5. The van der Waals surface area contributed by atoms with Crippen molar-refractivity contribution in [3.63, 3.8) is 0 Å². The number of amides is 1. The van der Waals surface area contributed by atoms with Crippen LogP contribution in [0.5, 0.6) is 17.2 Å². The monoisotopic (exact) mass is 449 g/mol. The molecule has 1 N–H and O–H groups in total. The van der Waals surface area contributed by atoms with Gasteiger partial charge in [-0.2, -0.15) is 5.10 Å². The predicted octanol–water partition coefficient (Wildman–Crippen LogP) is 4.22. The molecule has 158 valence electrons. The summed E-state index contributed by atoms with van der Waals surface area (Å²) in [5, 5.41) is 8.01. The lowest BCUT2D eigenvalue weighted by Crippen LogP contribution is -2.26. The Labute approximate surface area is 184 Å². The van der Waals surface area contributed by atoms with Crippen LogP contribution in [0.1, 0.15) is 16.1 Å². The summed E-state index contributed by atoms with van der Waals surface area (Å²) in [5.74, 6) is 1.54. The second-order valence-electron chi connectivity index (χ2n) is 6.28. The number of carbonyl (C=O) groups excluding carboxylic acids is 1. The number of halogens is 2. The zero-order valence-electron chi connectivity index (χ0n) is 16.5. The number of nitrogens with zero attached hydrogens (tertiary/aromatic N) is 2. The summed E-state index contributed by atoms with van der Waals surface area (Å²) in [7, 11) is 3.18. The van der Waals surface area contributed by atoms with Crippen LogP contribution >= 0.6 is 23.2 Å². The molecule has 9 heteroatoms. The van der Waals surface area contributed by atoms with E-state index in [-0.39, 0.29) is 12.6 Å². The highest BCUT2D eigenvalue weighted by molar-refractivity contribution is 6.35. The van der Waals surface area contributed by atoms with Crippen molar-refractivity contribution in [2.45, 2.75) is 13.2 Å². The van der Waals surface area contributed by atoms with Gasteiger partial charge in [-0.25, -0.2) is 4.68 Å². The van der Waals surface area contributed by atoms with Crippen LogP contribution in [0.15, 0.2) is 48.7 Å². The Morgan fingerprint density at radius 1 is 1.03 bits per heavy atom. The Morgan fingerprint density at radius 2 is 1.80 bits per heavy atom. The topological polar surface area (TPSA) is 74.6 Å².